The van der Waals surface area contributed by atoms with Gasteiger partial charge in [-0.3, -0.25) is 14.4 Å². The van der Waals surface area contributed by atoms with Gasteiger partial charge in [-0.25, -0.2) is 14.4 Å². The highest BCUT2D eigenvalue weighted by Gasteiger charge is 2.60. The van der Waals surface area contributed by atoms with E-state index >= 15 is 0 Å². The minimum absolute atomic E-state index is 0.346. The second-order valence-corrected chi connectivity index (χ2v) is 7.51. The first-order valence-electron chi connectivity index (χ1n) is 9.76. The van der Waals surface area contributed by atoms with E-state index in [0.717, 1.165) is 21.7 Å². The lowest BCUT2D eigenvalue weighted by atomic mass is 9.90. The van der Waals surface area contributed by atoms with E-state index in [9.17, 15) is 14.0 Å². The van der Waals surface area contributed by atoms with E-state index in [4.69, 9.17) is 4.84 Å². The number of halogens is 1. The summed E-state index contributed by atoms with van der Waals surface area (Å²) in [7, 11) is 0. The van der Waals surface area contributed by atoms with Gasteiger partial charge in [0.05, 0.1) is 17.4 Å². The third kappa shape index (κ3) is 2.80. The van der Waals surface area contributed by atoms with Crippen LogP contribution in [0.3, 0.4) is 0 Å². The van der Waals surface area contributed by atoms with Crippen LogP contribution in [0.25, 0.3) is 0 Å². The monoisotopic (exact) mass is 402 g/mol. The van der Waals surface area contributed by atoms with Gasteiger partial charge in [0.2, 0.25) is 5.91 Å². The fourth-order valence-corrected chi connectivity index (χ4v) is 4.27. The zero-order valence-electron chi connectivity index (χ0n) is 16.2. The molecule has 2 aliphatic heterocycles. The van der Waals surface area contributed by atoms with E-state index in [1.165, 1.54) is 24.3 Å². The second-order valence-electron chi connectivity index (χ2n) is 7.51. The molecule has 0 N–H and O–H groups in total. The predicted molar refractivity (Wildman–Crippen MR) is 110 cm³/mol. The third-order valence-corrected chi connectivity index (χ3v) is 5.69. The number of hydroxylamine groups is 1. The van der Waals surface area contributed by atoms with Crippen molar-refractivity contribution in [3.05, 3.63) is 95.8 Å². The Morgan fingerprint density at radius 2 is 1.50 bits per heavy atom. The first-order chi connectivity index (χ1) is 14.6. The van der Waals surface area contributed by atoms with E-state index < -0.39 is 29.8 Å². The zero-order valence-corrected chi connectivity index (χ0v) is 16.2. The normalized spacial score (nSPS) is 23.2. The van der Waals surface area contributed by atoms with Crippen molar-refractivity contribution in [1.29, 1.82) is 0 Å². The van der Waals surface area contributed by atoms with Crippen molar-refractivity contribution in [2.75, 3.05) is 9.96 Å². The molecule has 0 saturated carbocycles. The Kier molecular flexibility index (Phi) is 4.37. The molecule has 0 radical (unpaired) electrons. The van der Waals surface area contributed by atoms with Gasteiger partial charge in [-0.1, -0.05) is 48.5 Å². The number of hydrogen-bond acceptors (Lipinski definition) is 4. The van der Waals surface area contributed by atoms with Gasteiger partial charge in [0.25, 0.3) is 5.91 Å². The molecule has 0 unspecified atom stereocenters. The summed E-state index contributed by atoms with van der Waals surface area (Å²) in [6, 6.07) is 22.2. The van der Waals surface area contributed by atoms with Crippen LogP contribution in [0.4, 0.5) is 15.8 Å². The number of nitrogens with zero attached hydrogens (tertiary/aromatic N) is 2. The van der Waals surface area contributed by atoms with Crippen LogP contribution in [0.5, 0.6) is 0 Å². The predicted octanol–water partition coefficient (Wildman–Crippen LogP) is 4.19. The molecule has 2 saturated heterocycles. The highest BCUT2D eigenvalue weighted by Crippen LogP contribution is 2.48. The molecule has 2 amide bonds. The smallest absolute Gasteiger partial charge is 0.266 e. The molecule has 3 aromatic rings. The summed E-state index contributed by atoms with van der Waals surface area (Å²) in [5, 5.41) is 1.69. The maximum absolute atomic E-state index is 13.4. The summed E-state index contributed by atoms with van der Waals surface area (Å²) >= 11 is 0. The molecule has 0 bridgehead atoms. The standard InChI is InChI=1S/C24H19FN2O3/c1-15-7-5-6-10-19(15)27-21(16-8-3-2-4-9-16)20-22(30-27)24(29)26(23(20)28)18-13-11-17(25)12-14-18/h2-14,20-22H,1H3/t20-,21-,22-/m0/s1. The highest BCUT2D eigenvalue weighted by atomic mass is 19.1. The van der Waals surface area contributed by atoms with Crippen molar-refractivity contribution in [2.24, 2.45) is 5.92 Å². The Hall–Kier alpha value is -3.51. The van der Waals surface area contributed by atoms with Crippen molar-refractivity contribution in [3.8, 4) is 0 Å². The van der Waals surface area contributed by atoms with Gasteiger partial charge >= 0.3 is 0 Å². The largest absolute Gasteiger partial charge is 0.273 e. The lowest BCUT2D eigenvalue weighted by Gasteiger charge is -2.29. The molecule has 0 aliphatic carbocycles. The molecule has 2 aliphatic rings. The average molecular weight is 402 g/mol. The molecule has 2 fully saturated rings. The number of carbonyl (C=O) groups is 2. The summed E-state index contributed by atoms with van der Waals surface area (Å²) in [6.07, 6.45) is -0.938. The average Bonchev–Trinajstić information content (AvgIpc) is 3.26. The number of anilines is 2. The molecule has 5 rings (SSSR count). The van der Waals surface area contributed by atoms with Crippen LogP contribution < -0.4 is 9.96 Å². The highest BCUT2D eigenvalue weighted by molar-refractivity contribution is 6.23. The lowest BCUT2D eigenvalue weighted by Crippen LogP contribution is -2.37. The van der Waals surface area contributed by atoms with Crippen molar-refractivity contribution in [1.82, 2.24) is 0 Å². The Morgan fingerprint density at radius 1 is 0.833 bits per heavy atom. The van der Waals surface area contributed by atoms with E-state index in [0.29, 0.717) is 5.69 Å². The number of fused-ring (bicyclic) bond motifs is 1. The van der Waals surface area contributed by atoms with Crippen LogP contribution in [0, 0.1) is 18.7 Å². The summed E-state index contributed by atoms with van der Waals surface area (Å²) in [5.74, 6) is -1.91. The van der Waals surface area contributed by atoms with E-state index in [2.05, 4.69) is 0 Å². The van der Waals surface area contributed by atoms with E-state index in [-0.39, 0.29) is 5.91 Å². The Morgan fingerprint density at radius 3 is 2.20 bits per heavy atom. The number of amides is 2. The fraction of sp³-hybridized carbons (Fsp3) is 0.167. The van der Waals surface area contributed by atoms with Gasteiger partial charge in [-0.2, -0.15) is 0 Å². The first-order valence-corrected chi connectivity index (χ1v) is 9.76. The third-order valence-electron chi connectivity index (χ3n) is 5.69. The minimum atomic E-state index is -0.938. The molecule has 3 aromatic carbocycles. The second kappa shape index (κ2) is 7.07. The Balaban J connectivity index is 1.59. The number of aryl methyl sites for hydroxylation is 1. The number of rotatable bonds is 3. The number of carbonyl (C=O) groups excluding carboxylic acids is 2. The number of para-hydroxylation sites is 1. The molecule has 6 heteroatoms. The van der Waals surface area contributed by atoms with Crippen LogP contribution in [0.1, 0.15) is 17.2 Å². The molecule has 0 aromatic heterocycles. The summed E-state index contributed by atoms with van der Waals surface area (Å²) in [6.45, 7) is 1.96. The molecule has 30 heavy (non-hydrogen) atoms. The fourth-order valence-electron chi connectivity index (χ4n) is 4.27. The Bertz CT molecular complexity index is 1120. The molecular weight excluding hydrogens is 383 g/mol. The van der Waals surface area contributed by atoms with Crippen molar-refractivity contribution in [2.45, 2.75) is 19.1 Å². The molecule has 2 heterocycles. The first kappa shape index (κ1) is 18.5. The van der Waals surface area contributed by atoms with Gasteiger partial charge in [-0.15, -0.1) is 0 Å². The van der Waals surface area contributed by atoms with Crippen molar-refractivity contribution in [3.63, 3.8) is 0 Å². The topological polar surface area (TPSA) is 49.9 Å². The van der Waals surface area contributed by atoms with Crippen LogP contribution in [-0.4, -0.2) is 17.9 Å². The number of benzene rings is 3. The van der Waals surface area contributed by atoms with Crippen LogP contribution >= 0.6 is 0 Å². The van der Waals surface area contributed by atoms with Gasteiger partial charge in [0.1, 0.15) is 11.7 Å². The molecular formula is C24H19FN2O3. The number of hydrogen-bond donors (Lipinski definition) is 0. The van der Waals surface area contributed by atoms with Crippen molar-refractivity contribution < 1.29 is 18.8 Å². The molecule has 5 nitrogen and oxygen atoms in total. The molecule has 150 valence electrons. The van der Waals surface area contributed by atoms with Crippen LogP contribution in [0.2, 0.25) is 0 Å². The summed E-state index contributed by atoms with van der Waals surface area (Å²) in [4.78, 5) is 33.8. The summed E-state index contributed by atoms with van der Waals surface area (Å²) < 4.78 is 13.3. The number of imide groups is 1. The van der Waals surface area contributed by atoms with Gasteiger partial charge in [0, 0.05) is 0 Å². The van der Waals surface area contributed by atoms with Crippen molar-refractivity contribution >= 4 is 23.2 Å². The van der Waals surface area contributed by atoms with Crippen LogP contribution in [-0.2, 0) is 14.4 Å². The molecule has 3 atom stereocenters. The maximum Gasteiger partial charge on any atom is 0.266 e. The maximum atomic E-state index is 13.4. The lowest BCUT2D eigenvalue weighted by molar-refractivity contribution is -0.126. The van der Waals surface area contributed by atoms with E-state index in [1.807, 2.05) is 61.5 Å². The SMILES string of the molecule is Cc1ccccc1N1O[C@@H]2C(=O)N(c3ccc(F)cc3)C(=O)[C@H]2[C@@H]1c1ccccc1. The minimum Gasteiger partial charge on any atom is -0.273 e. The van der Waals surface area contributed by atoms with Gasteiger partial charge < -0.3 is 0 Å². The van der Waals surface area contributed by atoms with Gasteiger partial charge in [-0.05, 0) is 48.4 Å². The summed E-state index contributed by atoms with van der Waals surface area (Å²) in [5.41, 5.74) is 3.03. The van der Waals surface area contributed by atoms with Gasteiger partial charge in [0.15, 0.2) is 6.10 Å². The quantitative estimate of drug-likeness (QED) is 0.617. The Labute approximate surface area is 173 Å². The molecule has 0 spiro atoms. The van der Waals surface area contributed by atoms with Crippen LogP contribution in [0.15, 0.2) is 78.9 Å². The zero-order chi connectivity index (χ0) is 20.8. The van der Waals surface area contributed by atoms with E-state index in [1.54, 1.807) is 5.06 Å².